The summed E-state index contributed by atoms with van der Waals surface area (Å²) in [7, 11) is 0. The number of aromatic nitrogens is 2. The Bertz CT molecular complexity index is 565. The van der Waals surface area contributed by atoms with Crippen molar-refractivity contribution < 1.29 is 9.18 Å². The second-order valence-electron chi connectivity index (χ2n) is 3.60. The van der Waals surface area contributed by atoms with Crippen LogP contribution in [0.5, 0.6) is 0 Å². The first-order valence-corrected chi connectivity index (χ1v) is 5.79. The zero-order valence-corrected chi connectivity index (χ0v) is 10.4. The van der Waals surface area contributed by atoms with E-state index in [2.05, 4.69) is 10.4 Å². The number of amides is 1. The van der Waals surface area contributed by atoms with Crippen LogP contribution in [0.15, 0.2) is 30.5 Å². The van der Waals surface area contributed by atoms with Crippen molar-refractivity contribution in [3.8, 4) is 5.69 Å². The Morgan fingerprint density at radius 3 is 2.72 bits per heavy atom. The minimum absolute atomic E-state index is 0.201. The van der Waals surface area contributed by atoms with E-state index in [-0.39, 0.29) is 16.9 Å². The normalized spacial score (nSPS) is 10.4. The van der Waals surface area contributed by atoms with E-state index in [1.807, 2.05) is 6.92 Å². The molecule has 0 aliphatic carbocycles. The van der Waals surface area contributed by atoms with E-state index < -0.39 is 0 Å². The van der Waals surface area contributed by atoms with E-state index in [1.165, 1.54) is 35.1 Å². The van der Waals surface area contributed by atoms with Gasteiger partial charge in [-0.05, 0) is 31.2 Å². The molecule has 1 aromatic carbocycles. The van der Waals surface area contributed by atoms with E-state index in [1.54, 1.807) is 0 Å². The van der Waals surface area contributed by atoms with Gasteiger partial charge < -0.3 is 5.32 Å². The highest BCUT2D eigenvalue weighted by Crippen LogP contribution is 2.20. The van der Waals surface area contributed by atoms with Crippen LogP contribution >= 0.6 is 11.6 Å². The zero-order chi connectivity index (χ0) is 13.1. The third-order valence-corrected chi connectivity index (χ3v) is 2.73. The number of nitrogens with one attached hydrogen (secondary N) is 1. The highest BCUT2D eigenvalue weighted by atomic mass is 35.5. The molecule has 1 N–H and O–H groups in total. The highest BCUT2D eigenvalue weighted by Gasteiger charge is 2.15. The van der Waals surface area contributed by atoms with Gasteiger partial charge in [0, 0.05) is 6.54 Å². The molecule has 2 aromatic rings. The van der Waals surface area contributed by atoms with Gasteiger partial charge in [-0.25, -0.2) is 9.07 Å². The summed E-state index contributed by atoms with van der Waals surface area (Å²) >= 11 is 6.08. The molecule has 6 heteroatoms. The fourth-order valence-electron chi connectivity index (χ4n) is 1.50. The van der Waals surface area contributed by atoms with Crippen LogP contribution in [0.2, 0.25) is 5.15 Å². The molecule has 0 aliphatic rings. The van der Waals surface area contributed by atoms with Gasteiger partial charge in [-0.2, -0.15) is 5.10 Å². The summed E-state index contributed by atoms with van der Waals surface area (Å²) in [6, 6.07) is 5.68. The highest BCUT2D eigenvalue weighted by molar-refractivity contribution is 6.33. The van der Waals surface area contributed by atoms with E-state index in [0.717, 1.165) is 0 Å². The van der Waals surface area contributed by atoms with Gasteiger partial charge in [0.05, 0.1) is 17.4 Å². The van der Waals surface area contributed by atoms with E-state index in [0.29, 0.717) is 17.8 Å². The first-order valence-electron chi connectivity index (χ1n) is 5.41. The molecule has 0 saturated heterocycles. The maximum absolute atomic E-state index is 12.8. The molecular weight excluding hydrogens is 257 g/mol. The Labute approximate surface area is 108 Å². The fraction of sp³-hybridized carbons (Fsp3) is 0.167. The summed E-state index contributed by atoms with van der Waals surface area (Å²) in [6.45, 7) is 2.33. The predicted molar refractivity (Wildman–Crippen MR) is 66.5 cm³/mol. The van der Waals surface area contributed by atoms with Crippen LogP contribution in [-0.2, 0) is 0 Å². The Kier molecular flexibility index (Phi) is 3.62. The molecule has 0 unspecified atom stereocenters. The first kappa shape index (κ1) is 12.6. The molecule has 4 nitrogen and oxygen atoms in total. The lowest BCUT2D eigenvalue weighted by molar-refractivity contribution is 0.0956. The van der Waals surface area contributed by atoms with Crippen molar-refractivity contribution in [1.29, 1.82) is 0 Å². The van der Waals surface area contributed by atoms with Crippen LogP contribution in [0, 0.1) is 5.82 Å². The minimum Gasteiger partial charge on any atom is -0.352 e. The maximum atomic E-state index is 12.8. The van der Waals surface area contributed by atoms with E-state index >= 15 is 0 Å². The van der Waals surface area contributed by atoms with Gasteiger partial charge >= 0.3 is 0 Å². The van der Waals surface area contributed by atoms with E-state index in [4.69, 9.17) is 11.6 Å². The molecule has 18 heavy (non-hydrogen) atoms. The number of rotatable bonds is 3. The van der Waals surface area contributed by atoms with Crippen molar-refractivity contribution in [3.63, 3.8) is 0 Å². The van der Waals surface area contributed by atoms with Gasteiger partial charge in [0.15, 0.2) is 0 Å². The molecule has 1 amide bonds. The van der Waals surface area contributed by atoms with Crippen molar-refractivity contribution in [1.82, 2.24) is 15.1 Å². The first-order chi connectivity index (χ1) is 8.63. The number of halogens is 2. The van der Waals surface area contributed by atoms with Crippen LogP contribution in [0.25, 0.3) is 5.69 Å². The molecule has 0 atom stereocenters. The van der Waals surface area contributed by atoms with Crippen LogP contribution in [0.4, 0.5) is 4.39 Å². The molecule has 1 aromatic heterocycles. The quantitative estimate of drug-likeness (QED) is 0.928. The summed E-state index contributed by atoms with van der Waals surface area (Å²) < 4.78 is 14.2. The minimum atomic E-state index is -0.342. The summed E-state index contributed by atoms with van der Waals surface area (Å²) in [5, 5.41) is 6.86. The van der Waals surface area contributed by atoms with Gasteiger partial charge in [-0.3, -0.25) is 4.79 Å². The number of carbonyl (C=O) groups excluding carboxylic acids is 1. The van der Waals surface area contributed by atoms with Gasteiger partial charge in [0.25, 0.3) is 5.91 Å². The molecule has 0 fully saturated rings. The SMILES string of the molecule is CCNC(=O)c1cnn(-c2ccc(F)cc2)c1Cl. The van der Waals surface area contributed by atoms with Gasteiger partial charge in [0.1, 0.15) is 11.0 Å². The van der Waals surface area contributed by atoms with Crippen molar-refractivity contribution in [3.05, 3.63) is 47.0 Å². The predicted octanol–water partition coefficient (Wildman–Crippen LogP) is 2.41. The molecule has 0 aliphatic heterocycles. The number of hydrogen-bond acceptors (Lipinski definition) is 2. The lowest BCUT2D eigenvalue weighted by Crippen LogP contribution is -2.22. The summed E-state index contributed by atoms with van der Waals surface area (Å²) in [5.74, 6) is -0.623. The van der Waals surface area contributed by atoms with Crippen molar-refractivity contribution in [2.45, 2.75) is 6.92 Å². The van der Waals surface area contributed by atoms with Crippen molar-refractivity contribution >= 4 is 17.5 Å². The molecule has 2 rings (SSSR count). The second-order valence-corrected chi connectivity index (χ2v) is 3.95. The standard InChI is InChI=1S/C12H11ClFN3O/c1-2-15-12(18)10-7-16-17(11(10)13)9-5-3-8(14)4-6-9/h3-7H,2H2,1H3,(H,15,18). The Morgan fingerprint density at radius 2 is 2.11 bits per heavy atom. The fourth-order valence-corrected chi connectivity index (χ4v) is 1.78. The maximum Gasteiger partial charge on any atom is 0.256 e. The number of benzene rings is 1. The zero-order valence-electron chi connectivity index (χ0n) is 9.65. The molecule has 0 saturated carbocycles. The Hall–Kier alpha value is -1.88. The van der Waals surface area contributed by atoms with Gasteiger partial charge in [-0.1, -0.05) is 11.6 Å². The van der Waals surface area contributed by atoms with Crippen LogP contribution in [-0.4, -0.2) is 22.2 Å². The third-order valence-electron chi connectivity index (χ3n) is 2.36. The summed E-state index contributed by atoms with van der Waals surface area (Å²) in [5.41, 5.74) is 0.889. The summed E-state index contributed by atoms with van der Waals surface area (Å²) in [4.78, 5) is 11.7. The molecule has 1 heterocycles. The number of nitrogens with zero attached hydrogens (tertiary/aromatic N) is 2. The Morgan fingerprint density at radius 1 is 1.44 bits per heavy atom. The monoisotopic (exact) mass is 267 g/mol. The molecule has 0 radical (unpaired) electrons. The smallest absolute Gasteiger partial charge is 0.256 e. The van der Waals surface area contributed by atoms with Crippen molar-refractivity contribution in [2.75, 3.05) is 6.54 Å². The lowest BCUT2D eigenvalue weighted by Gasteiger charge is -2.03. The average molecular weight is 268 g/mol. The summed E-state index contributed by atoms with van der Waals surface area (Å²) in [6.07, 6.45) is 1.39. The lowest BCUT2D eigenvalue weighted by atomic mass is 10.3. The van der Waals surface area contributed by atoms with Crippen LogP contribution in [0.1, 0.15) is 17.3 Å². The number of hydrogen-bond donors (Lipinski definition) is 1. The van der Waals surface area contributed by atoms with Gasteiger partial charge in [0.2, 0.25) is 0 Å². The largest absolute Gasteiger partial charge is 0.352 e. The number of carbonyl (C=O) groups is 1. The third kappa shape index (κ3) is 2.36. The van der Waals surface area contributed by atoms with Gasteiger partial charge in [-0.15, -0.1) is 0 Å². The van der Waals surface area contributed by atoms with Crippen molar-refractivity contribution in [2.24, 2.45) is 0 Å². The van der Waals surface area contributed by atoms with Crippen LogP contribution < -0.4 is 5.32 Å². The topological polar surface area (TPSA) is 46.9 Å². The molecule has 0 bridgehead atoms. The molecule has 0 spiro atoms. The average Bonchev–Trinajstić information content (AvgIpc) is 2.73. The van der Waals surface area contributed by atoms with E-state index in [9.17, 15) is 9.18 Å². The Balaban J connectivity index is 2.36. The molecule has 94 valence electrons. The molecular formula is C12H11ClFN3O. The second kappa shape index (κ2) is 5.18. The van der Waals surface area contributed by atoms with Crippen LogP contribution in [0.3, 0.4) is 0 Å².